The number of ether oxygens (including phenoxy) is 4. The summed E-state index contributed by atoms with van der Waals surface area (Å²) in [5.41, 5.74) is 1.31. The van der Waals surface area contributed by atoms with E-state index in [9.17, 15) is 28.8 Å². The van der Waals surface area contributed by atoms with Crippen LogP contribution in [0.3, 0.4) is 0 Å². The highest BCUT2D eigenvalue weighted by Gasteiger charge is 2.34. The lowest BCUT2D eigenvalue weighted by Crippen LogP contribution is -2.41. The third-order valence-electron chi connectivity index (χ3n) is 9.18. The molecule has 0 unspecified atom stereocenters. The van der Waals surface area contributed by atoms with E-state index in [1.807, 2.05) is 13.8 Å². The quantitative estimate of drug-likeness (QED) is 0.125. The number of aryl methyl sites for hydroxylation is 2. The lowest BCUT2D eigenvalue weighted by molar-refractivity contribution is -0.145. The van der Waals surface area contributed by atoms with Crippen molar-refractivity contribution < 1.29 is 47.7 Å². The number of benzene rings is 4. The van der Waals surface area contributed by atoms with Crippen LogP contribution in [0.1, 0.15) is 99.1 Å². The highest BCUT2D eigenvalue weighted by Crippen LogP contribution is 2.33. The van der Waals surface area contributed by atoms with Gasteiger partial charge in [0.2, 0.25) is 0 Å². The molecule has 1 aliphatic carbocycles. The van der Waals surface area contributed by atoms with E-state index < -0.39 is 59.0 Å². The third kappa shape index (κ3) is 11.4. The van der Waals surface area contributed by atoms with Crippen molar-refractivity contribution in [3.63, 3.8) is 0 Å². The van der Waals surface area contributed by atoms with Crippen molar-refractivity contribution in [2.45, 2.75) is 92.3 Å². The first-order chi connectivity index (χ1) is 27.3. The minimum absolute atomic E-state index is 0.233. The van der Waals surface area contributed by atoms with E-state index in [1.165, 1.54) is 48.5 Å². The smallest absolute Gasteiger partial charge is 0.422 e. The maximum atomic E-state index is 13.5. The van der Waals surface area contributed by atoms with Gasteiger partial charge < -0.3 is 18.9 Å². The fourth-order valence-electron chi connectivity index (χ4n) is 6.17. The number of carbonyl (C=O) groups is 6. The number of hydrogen-bond acceptors (Lipinski definition) is 10. The molecule has 0 bridgehead atoms. The Bertz CT molecular complexity index is 1970. The number of anilines is 2. The van der Waals surface area contributed by atoms with Crippen molar-refractivity contribution >= 4 is 47.3 Å². The molecular formula is C46H50N2O10. The maximum absolute atomic E-state index is 13.5. The second-order valence-electron chi connectivity index (χ2n) is 16.4. The van der Waals surface area contributed by atoms with Crippen molar-refractivity contribution in [3.8, 4) is 11.5 Å². The van der Waals surface area contributed by atoms with Gasteiger partial charge in [-0.05, 0) is 154 Å². The summed E-state index contributed by atoms with van der Waals surface area (Å²) in [5, 5.41) is 0. The SMILES string of the molecule is Cc1ccc(C(=O)N(C(=O)OC(C)(C)C)c2ccc(OC(=O)C3CCC(C(=O)Oc4ccc(N(C(=O)OC(C)(C)C)C(=O)c5ccc(C)cc5)cc4)CC3)cc2)cc1. The van der Waals surface area contributed by atoms with Crippen molar-refractivity contribution in [2.24, 2.45) is 11.8 Å². The van der Waals surface area contributed by atoms with Crippen LogP contribution >= 0.6 is 0 Å². The second kappa shape index (κ2) is 17.9. The van der Waals surface area contributed by atoms with Crippen molar-refractivity contribution in [3.05, 3.63) is 119 Å². The van der Waals surface area contributed by atoms with Gasteiger partial charge in [-0.2, -0.15) is 0 Å². The van der Waals surface area contributed by atoms with E-state index in [0.29, 0.717) is 36.8 Å². The van der Waals surface area contributed by atoms with Crippen LogP contribution in [-0.2, 0) is 19.1 Å². The lowest BCUT2D eigenvalue weighted by Gasteiger charge is -2.27. The van der Waals surface area contributed by atoms with Crippen LogP contribution in [0, 0.1) is 25.7 Å². The topological polar surface area (TPSA) is 146 Å². The van der Waals surface area contributed by atoms with E-state index in [2.05, 4.69) is 0 Å². The van der Waals surface area contributed by atoms with Gasteiger partial charge in [-0.25, -0.2) is 19.4 Å². The molecule has 0 atom stereocenters. The van der Waals surface area contributed by atoms with E-state index in [0.717, 1.165) is 20.9 Å². The van der Waals surface area contributed by atoms with Crippen LogP contribution in [0.25, 0.3) is 0 Å². The van der Waals surface area contributed by atoms with E-state index in [1.54, 1.807) is 90.1 Å². The Morgan fingerprint density at radius 1 is 0.466 bits per heavy atom. The molecular weight excluding hydrogens is 741 g/mol. The van der Waals surface area contributed by atoms with Gasteiger partial charge in [-0.3, -0.25) is 19.2 Å². The van der Waals surface area contributed by atoms with Gasteiger partial charge in [0, 0.05) is 11.1 Å². The molecule has 304 valence electrons. The molecule has 4 aromatic rings. The van der Waals surface area contributed by atoms with Crippen molar-refractivity contribution in [2.75, 3.05) is 9.80 Å². The van der Waals surface area contributed by atoms with E-state index in [-0.39, 0.29) is 22.9 Å². The first-order valence-corrected chi connectivity index (χ1v) is 19.2. The number of esters is 2. The molecule has 58 heavy (non-hydrogen) atoms. The Balaban J connectivity index is 1.18. The molecule has 0 spiro atoms. The molecule has 1 aliphatic rings. The molecule has 0 aliphatic heterocycles. The second-order valence-corrected chi connectivity index (χ2v) is 16.4. The zero-order valence-electron chi connectivity index (χ0n) is 34.2. The average Bonchev–Trinajstić information content (AvgIpc) is 3.15. The zero-order chi connectivity index (χ0) is 42.4. The van der Waals surface area contributed by atoms with Crippen LogP contribution < -0.4 is 19.3 Å². The van der Waals surface area contributed by atoms with Crippen LogP contribution in [0.15, 0.2) is 97.1 Å². The fraction of sp³-hybridized carbons (Fsp3) is 0.348. The summed E-state index contributed by atoms with van der Waals surface area (Å²) in [4.78, 5) is 81.6. The Morgan fingerprint density at radius 3 is 1.03 bits per heavy atom. The monoisotopic (exact) mass is 790 g/mol. The first-order valence-electron chi connectivity index (χ1n) is 19.2. The molecule has 5 rings (SSSR count). The molecule has 1 fully saturated rings. The highest BCUT2D eigenvalue weighted by molar-refractivity contribution is 6.20. The Kier molecular flexibility index (Phi) is 13.2. The molecule has 0 saturated heterocycles. The molecule has 12 nitrogen and oxygen atoms in total. The zero-order valence-corrected chi connectivity index (χ0v) is 34.2. The molecule has 4 amide bonds. The minimum atomic E-state index is -0.849. The van der Waals surface area contributed by atoms with Gasteiger partial charge in [-0.1, -0.05) is 35.4 Å². The number of nitrogens with zero attached hydrogens (tertiary/aromatic N) is 2. The summed E-state index contributed by atoms with van der Waals surface area (Å²) in [6.07, 6.45) is -0.0772. The minimum Gasteiger partial charge on any atom is -0.443 e. The predicted octanol–water partition coefficient (Wildman–Crippen LogP) is 9.78. The predicted molar refractivity (Wildman–Crippen MR) is 218 cm³/mol. The molecule has 1 saturated carbocycles. The van der Waals surface area contributed by atoms with Gasteiger partial charge in [0.1, 0.15) is 22.7 Å². The largest absolute Gasteiger partial charge is 0.443 e. The summed E-state index contributed by atoms with van der Waals surface area (Å²) >= 11 is 0. The number of imide groups is 2. The van der Waals surface area contributed by atoms with Gasteiger partial charge in [0.05, 0.1) is 23.2 Å². The normalized spacial score (nSPS) is 15.4. The Labute approximate surface area is 339 Å². The third-order valence-corrected chi connectivity index (χ3v) is 9.18. The van der Waals surface area contributed by atoms with Gasteiger partial charge in [0.25, 0.3) is 11.8 Å². The molecule has 0 N–H and O–H groups in total. The molecule has 0 heterocycles. The fourth-order valence-corrected chi connectivity index (χ4v) is 6.17. The first kappa shape index (κ1) is 42.8. The highest BCUT2D eigenvalue weighted by atomic mass is 16.6. The average molecular weight is 791 g/mol. The summed E-state index contributed by atoms with van der Waals surface area (Å²) in [6.45, 7) is 14.0. The number of carbonyl (C=O) groups excluding carboxylic acids is 6. The summed E-state index contributed by atoms with van der Waals surface area (Å²) in [5.74, 6) is -2.48. The Morgan fingerprint density at radius 2 is 0.759 bits per heavy atom. The summed E-state index contributed by atoms with van der Waals surface area (Å²) in [6, 6.07) is 25.7. The van der Waals surface area contributed by atoms with Gasteiger partial charge >= 0.3 is 24.1 Å². The molecule has 0 aromatic heterocycles. The van der Waals surface area contributed by atoms with Gasteiger partial charge in [-0.15, -0.1) is 0 Å². The number of amides is 4. The number of hydrogen-bond donors (Lipinski definition) is 0. The van der Waals surface area contributed by atoms with Crippen LogP contribution in [0.4, 0.5) is 21.0 Å². The van der Waals surface area contributed by atoms with Crippen molar-refractivity contribution in [1.29, 1.82) is 0 Å². The van der Waals surface area contributed by atoms with E-state index in [4.69, 9.17) is 18.9 Å². The van der Waals surface area contributed by atoms with E-state index >= 15 is 0 Å². The standard InChI is InChI=1S/C46H50N2O10/c1-29-9-13-31(14-10-29)39(49)47(43(53)57-45(3,4)5)35-21-25-37(26-22-35)55-41(51)33-17-19-34(20-18-33)42(52)56-38-27-23-36(24-28-38)48(44(54)58-46(6,7)8)40(50)32-15-11-30(2)12-16-32/h9-16,21-28,33-34H,17-20H2,1-8H3. The molecule has 12 heteroatoms. The number of rotatable bonds is 8. The summed E-state index contributed by atoms with van der Waals surface area (Å²) in [7, 11) is 0. The molecule has 4 aromatic carbocycles. The van der Waals surface area contributed by atoms with Crippen molar-refractivity contribution in [1.82, 2.24) is 0 Å². The molecule has 0 radical (unpaired) electrons. The maximum Gasteiger partial charge on any atom is 0.422 e. The Hall–Kier alpha value is -6.30. The van der Waals surface area contributed by atoms with Gasteiger partial charge in [0.15, 0.2) is 0 Å². The summed E-state index contributed by atoms with van der Waals surface area (Å²) < 4.78 is 22.4. The lowest BCUT2D eigenvalue weighted by atomic mass is 9.82. The van der Waals surface area contributed by atoms with Crippen LogP contribution in [-0.4, -0.2) is 47.1 Å². The van der Waals surface area contributed by atoms with Crippen LogP contribution in [0.2, 0.25) is 0 Å². The van der Waals surface area contributed by atoms with Crippen LogP contribution in [0.5, 0.6) is 11.5 Å².